The van der Waals surface area contributed by atoms with Gasteiger partial charge in [0, 0.05) is 31.8 Å². The summed E-state index contributed by atoms with van der Waals surface area (Å²) in [7, 11) is -3.49. The van der Waals surface area contributed by atoms with Crippen LogP contribution in [0.1, 0.15) is 35.9 Å². The number of hydrogen-bond donors (Lipinski definition) is 2. The SMILES string of the molecule is CCC(=O)c1sc(N2CCC(N)CC2)c(S(C)(=O)=O)c1N. The Bertz CT molecular complexity index is 644. The van der Waals surface area contributed by atoms with E-state index in [-0.39, 0.29) is 22.4 Å². The highest BCUT2D eigenvalue weighted by atomic mass is 32.2. The lowest BCUT2D eigenvalue weighted by atomic mass is 10.1. The van der Waals surface area contributed by atoms with Crippen molar-refractivity contribution < 1.29 is 13.2 Å². The van der Waals surface area contributed by atoms with E-state index in [1.165, 1.54) is 11.3 Å². The average molecular weight is 331 g/mol. The molecule has 0 unspecified atom stereocenters. The van der Waals surface area contributed by atoms with Crippen molar-refractivity contribution in [1.82, 2.24) is 0 Å². The molecule has 1 aromatic rings. The molecule has 0 spiro atoms. The second kappa shape index (κ2) is 5.94. The lowest BCUT2D eigenvalue weighted by molar-refractivity contribution is 0.0992. The Morgan fingerprint density at radius 1 is 1.38 bits per heavy atom. The highest BCUT2D eigenvalue weighted by Gasteiger charge is 2.30. The molecule has 0 bridgehead atoms. The third kappa shape index (κ3) is 3.22. The Morgan fingerprint density at radius 2 is 1.95 bits per heavy atom. The van der Waals surface area contributed by atoms with Gasteiger partial charge >= 0.3 is 0 Å². The van der Waals surface area contributed by atoms with Crippen LogP contribution >= 0.6 is 11.3 Å². The summed E-state index contributed by atoms with van der Waals surface area (Å²) < 4.78 is 24.1. The first kappa shape index (κ1) is 16.3. The molecule has 6 nitrogen and oxygen atoms in total. The molecular weight excluding hydrogens is 310 g/mol. The standard InChI is InChI=1S/C13H21N3O3S2/c1-3-9(17)11-10(15)12(21(2,18)19)13(20-11)16-6-4-8(14)5-7-16/h8H,3-7,14-15H2,1-2H3. The van der Waals surface area contributed by atoms with E-state index >= 15 is 0 Å². The summed E-state index contributed by atoms with van der Waals surface area (Å²) in [6.45, 7) is 3.11. The van der Waals surface area contributed by atoms with Crippen LogP contribution in [-0.2, 0) is 9.84 Å². The lowest BCUT2D eigenvalue weighted by Crippen LogP contribution is -2.39. The molecule has 0 aromatic carbocycles. The van der Waals surface area contributed by atoms with E-state index < -0.39 is 9.84 Å². The second-order valence-corrected chi connectivity index (χ2v) is 8.30. The van der Waals surface area contributed by atoms with Gasteiger partial charge < -0.3 is 16.4 Å². The minimum Gasteiger partial charge on any atom is -0.396 e. The van der Waals surface area contributed by atoms with Gasteiger partial charge in [-0.3, -0.25) is 4.79 Å². The van der Waals surface area contributed by atoms with Crippen molar-refractivity contribution in [2.45, 2.75) is 37.1 Å². The molecular formula is C13H21N3O3S2. The lowest BCUT2D eigenvalue weighted by Gasteiger charge is -2.31. The van der Waals surface area contributed by atoms with Crippen molar-refractivity contribution in [1.29, 1.82) is 0 Å². The molecule has 0 aliphatic carbocycles. The molecule has 1 fully saturated rings. The van der Waals surface area contributed by atoms with Crippen molar-refractivity contribution in [3.8, 4) is 0 Å². The number of sulfone groups is 1. The van der Waals surface area contributed by atoms with E-state index in [2.05, 4.69) is 0 Å². The van der Waals surface area contributed by atoms with E-state index in [1.54, 1.807) is 6.92 Å². The normalized spacial score (nSPS) is 17.2. The number of thiophene rings is 1. The first-order valence-electron chi connectivity index (χ1n) is 6.91. The first-order chi connectivity index (χ1) is 9.75. The molecule has 0 amide bonds. The Kier molecular flexibility index (Phi) is 4.60. The topological polar surface area (TPSA) is 106 Å². The fourth-order valence-corrected chi connectivity index (χ4v) is 5.22. The van der Waals surface area contributed by atoms with Crippen LogP contribution in [0, 0.1) is 0 Å². The van der Waals surface area contributed by atoms with E-state index in [4.69, 9.17) is 11.5 Å². The number of ketones is 1. The summed E-state index contributed by atoms with van der Waals surface area (Å²) >= 11 is 1.18. The maximum Gasteiger partial charge on any atom is 0.180 e. The molecule has 0 radical (unpaired) electrons. The number of hydrogen-bond acceptors (Lipinski definition) is 7. The average Bonchev–Trinajstić information content (AvgIpc) is 2.76. The monoisotopic (exact) mass is 331 g/mol. The molecule has 0 atom stereocenters. The van der Waals surface area contributed by atoms with Crippen molar-refractivity contribution in [2.24, 2.45) is 5.73 Å². The van der Waals surface area contributed by atoms with E-state index in [9.17, 15) is 13.2 Å². The predicted molar refractivity (Wildman–Crippen MR) is 85.9 cm³/mol. The number of nitrogen functional groups attached to an aromatic ring is 1. The second-order valence-electron chi connectivity index (χ2n) is 5.35. The Morgan fingerprint density at radius 3 is 2.43 bits per heavy atom. The summed E-state index contributed by atoms with van der Waals surface area (Å²) in [6, 6.07) is 0.150. The molecule has 8 heteroatoms. The van der Waals surface area contributed by atoms with Crippen LogP contribution in [0.2, 0.25) is 0 Å². The van der Waals surface area contributed by atoms with Crippen LogP contribution in [0.25, 0.3) is 0 Å². The number of nitrogens with zero attached hydrogens (tertiary/aromatic N) is 1. The number of carbonyl (C=O) groups is 1. The van der Waals surface area contributed by atoms with Crippen LogP contribution < -0.4 is 16.4 Å². The zero-order chi connectivity index (χ0) is 15.8. The Hall–Kier alpha value is -1.12. The quantitative estimate of drug-likeness (QED) is 0.804. The van der Waals surface area contributed by atoms with Gasteiger partial charge in [-0.1, -0.05) is 6.92 Å². The van der Waals surface area contributed by atoms with Crippen LogP contribution in [0.15, 0.2) is 4.90 Å². The molecule has 118 valence electrons. The van der Waals surface area contributed by atoms with Gasteiger partial charge in [-0.25, -0.2) is 8.42 Å². The Balaban J connectivity index is 2.51. The van der Waals surface area contributed by atoms with Crippen molar-refractivity contribution in [3.05, 3.63) is 4.88 Å². The van der Waals surface area contributed by atoms with Gasteiger partial charge in [0.1, 0.15) is 9.90 Å². The molecule has 0 saturated carbocycles. The number of Topliss-reactive ketones (excluding diaryl/α,β-unsaturated/α-hetero) is 1. The highest BCUT2D eigenvalue weighted by molar-refractivity contribution is 7.91. The summed E-state index contributed by atoms with van der Waals surface area (Å²) in [4.78, 5) is 14.4. The van der Waals surface area contributed by atoms with Gasteiger partial charge in [-0.05, 0) is 12.8 Å². The highest BCUT2D eigenvalue weighted by Crippen LogP contribution is 2.42. The molecule has 1 aliphatic rings. The van der Waals surface area contributed by atoms with Gasteiger partial charge in [0.15, 0.2) is 15.6 Å². The van der Waals surface area contributed by atoms with Crippen LogP contribution in [0.5, 0.6) is 0 Å². The minimum absolute atomic E-state index is 0.0965. The molecule has 1 aromatic heterocycles. The third-order valence-corrected chi connectivity index (χ3v) is 6.25. The zero-order valence-electron chi connectivity index (χ0n) is 12.3. The fourth-order valence-electron chi connectivity index (χ4n) is 2.45. The molecule has 1 aliphatic heterocycles. The summed E-state index contributed by atoms with van der Waals surface area (Å²) in [5.74, 6) is -0.123. The van der Waals surface area contributed by atoms with Gasteiger partial charge in [-0.15, -0.1) is 11.3 Å². The number of nitrogens with two attached hydrogens (primary N) is 2. The van der Waals surface area contributed by atoms with Crippen LogP contribution in [-0.4, -0.2) is 39.6 Å². The van der Waals surface area contributed by atoms with Gasteiger partial charge in [0.05, 0.1) is 10.6 Å². The van der Waals surface area contributed by atoms with E-state index in [1.807, 2.05) is 4.90 Å². The van der Waals surface area contributed by atoms with Gasteiger partial charge in [-0.2, -0.15) is 0 Å². The van der Waals surface area contributed by atoms with Crippen molar-refractivity contribution in [2.75, 3.05) is 30.0 Å². The van der Waals surface area contributed by atoms with Crippen molar-refractivity contribution >= 4 is 37.6 Å². The van der Waals surface area contributed by atoms with Crippen LogP contribution in [0.3, 0.4) is 0 Å². The first-order valence-corrected chi connectivity index (χ1v) is 9.62. The number of carbonyl (C=O) groups excluding carboxylic acids is 1. The fraction of sp³-hybridized carbons (Fsp3) is 0.615. The maximum absolute atomic E-state index is 12.1. The minimum atomic E-state index is -3.49. The van der Waals surface area contributed by atoms with Crippen LogP contribution in [0.4, 0.5) is 10.7 Å². The van der Waals surface area contributed by atoms with Gasteiger partial charge in [0.25, 0.3) is 0 Å². The predicted octanol–water partition coefficient (Wildman–Crippen LogP) is 1.25. The largest absolute Gasteiger partial charge is 0.396 e. The molecule has 4 N–H and O–H groups in total. The number of anilines is 2. The third-order valence-electron chi connectivity index (χ3n) is 3.65. The maximum atomic E-state index is 12.1. The molecule has 2 rings (SSSR count). The number of piperidine rings is 1. The van der Waals surface area contributed by atoms with Gasteiger partial charge in [0.2, 0.25) is 0 Å². The number of rotatable bonds is 4. The zero-order valence-corrected chi connectivity index (χ0v) is 13.9. The summed E-state index contributed by atoms with van der Waals surface area (Å²) in [6.07, 6.45) is 3.04. The smallest absolute Gasteiger partial charge is 0.180 e. The van der Waals surface area contributed by atoms with Crippen molar-refractivity contribution in [3.63, 3.8) is 0 Å². The van der Waals surface area contributed by atoms with E-state index in [0.717, 1.165) is 19.1 Å². The summed E-state index contributed by atoms with van der Waals surface area (Å²) in [5.41, 5.74) is 11.9. The Labute approximate surface area is 129 Å². The molecule has 2 heterocycles. The van der Waals surface area contributed by atoms with E-state index in [0.29, 0.717) is 29.4 Å². The molecule has 1 saturated heterocycles. The summed E-state index contributed by atoms with van der Waals surface area (Å²) in [5, 5.41) is 0.582. The molecule has 21 heavy (non-hydrogen) atoms.